The number of hydrazine groups is 1. The van der Waals surface area contributed by atoms with Gasteiger partial charge in [-0.15, -0.1) is 11.3 Å². The van der Waals surface area contributed by atoms with E-state index in [-0.39, 0.29) is 5.91 Å². The number of rotatable bonds is 4. The fraction of sp³-hybridized carbons (Fsp3) is 0.100. The number of benzene rings is 2. The van der Waals surface area contributed by atoms with Gasteiger partial charge in [0.2, 0.25) is 0 Å². The van der Waals surface area contributed by atoms with Crippen LogP contribution in [0, 0.1) is 0 Å². The van der Waals surface area contributed by atoms with Crippen molar-refractivity contribution in [1.82, 2.24) is 10.9 Å². The zero-order chi connectivity index (χ0) is 19.4. The number of thiophene rings is 1. The Morgan fingerprint density at radius 1 is 1.07 bits per heavy atom. The van der Waals surface area contributed by atoms with Gasteiger partial charge in [0.1, 0.15) is 0 Å². The van der Waals surface area contributed by atoms with Gasteiger partial charge in [-0.3, -0.25) is 20.4 Å². The minimum atomic E-state index is -0.444. The summed E-state index contributed by atoms with van der Waals surface area (Å²) in [5, 5.41) is 1.57. The van der Waals surface area contributed by atoms with Crippen molar-refractivity contribution in [1.29, 1.82) is 0 Å². The number of hydrogen-bond acceptors (Lipinski definition) is 4. The Bertz CT molecular complexity index is 1030. The van der Waals surface area contributed by atoms with E-state index in [0.717, 1.165) is 20.7 Å². The Kier molecular flexibility index (Phi) is 5.78. The Balaban J connectivity index is 1.62. The van der Waals surface area contributed by atoms with Crippen LogP contribution >= 0.6 is 22.9 Å². The topological polar surface area (TPSA) is 61.4 Å². The van der Waals surface area contributed by atoms with Crippen molar-refractivity contribution in [3.8, 4) is 0 Å². The zero-order valence-corrected chi connectivity index (χ0v) is 16.4. The van der Waals surface area contributed by atoms with Crippen LogP contribution < -0.4 is 15.8 Å². The molecule has 7 heteroatoms. The summed E-state index contributed by atoms with van der Waals surface area (Å²) < 4.78 is 1.05. The third-order valence-electron chi connectivity index (χ3n) is 3.87. The number of carbonyl (C=O) groups is 2. The van der Waals surface area contributed by atoms with E-state index in [0.29, 0.717) is 10.6 Å². The van der Waals surface area contributed by atoms with Crippen LogP contribution in [0.15, 0.2) is 54.6 Å². The summed E-state index contributed by atoms with van der Waals surface area (Å²) in [6.07, 6.45) is 2.98. The molecule has 0 atom stereocenters. The molecule has 3 rings (SSSR count). The fourth-order valence-electron chi connectivity index (χ4n) is 2.45. The summed E-state index contributed by atoms with van der Waals surface area (Å²) in [6, 6.07) is 14.9. The first-order valence-electron chi connectivity index (χ1n) is 8.18. The van der Waals surface area contributed by atoms with Gasteiger partial charge >= 0.3 is 0 Å². The van der Waals surface area contributed by atoms with Crippen molar-refractivity contribution >= 4 is 56.6 Å². The number of nitrogens with one attached hydrogen (secondary N) is 2. The average Bonchev–Trinajstić information content (AvgIpc) is 3.00. The molecule has 2 amide bonds. The second-order valence-corrected chi connectivity index (χ2v) is 7.46. The highest BCUT2D eigenvalue weighted by molar-refractivity contribution is 7.20. The van der Waals surface area contributed by atoms with Gasteiger partial charge in [-0.1, -0.05) is 35.9 Å². The molecule has 0 aliphatic carbocycles. The Labute approximate surface area is 166 Å². The molecule has 2 aromatic carbocycles. The maximum atomic E-state index is 12.2. The van der Waals surface area contributed by atoms with Gasteiger partial charge in [-0.25, -0.2) is 0 Å². The smallest absolute Gasteiger partial charge is 0.269 e. The molecular weight excluding hydrogens is 382 g/mol. The van der Waals surface area contributed by atoms with Gasteiger partial charge in [-0.05, 0) is 30.3 Å². The number of fused-ring (bicyclic) bond motifs is 1. The van der Waals surface area contributed by atoms with Crippen molar-refractivity contribution in [2.45, 2.75) is 0 Å². The summed E-state index contributed by atoms with van der Waals surface area (Å²) in [5.74, 6) is -0.832. The quantitative estimate of drug-likeness (QED) is 0.513. The molecule has 0 radical (unpaired) electrons. The monoisotopic (exact) mass is 399 g/mol. The molecular formula is C20H18ClN3O2S. The Morgan fingerprint density at radius 2 is 1.85 bits per heavy atom. The van der Waals surface area contributed by atoms with Crippen LogP contribution in [0.1, 0.15) is 15.2 Å². The minimum absolute atomic E-state index is 0.389. The summed E-state index contributed by atoms with van der Waals surface area (Å²) in [4.78, 5) is 26.9. The highest BCUT2D eigenvalue weighted by Gasteiger charge is 2.09. The van der Waals surface area contributed by atoms with Crippen molar-refractivity contribution in [2.24, 2.45) is 0 Å². The standard InChI is InChI=1S/C20H18ClN3O2S/c1-24(2)14-7-5-6-13(12-14)20(26)23-22-18(25)11-10-17-19(21)15-8-3-4-9-16(15)27-17/h3-12H,1-2H3,(H,22,25)(H,23,26)/b11-10+. The number of hydrogen-bond donors (Lipinski definition) is 2. The third-order valence-corrected chi connectivity index (χ3v) is 5.53. The van der Waals surface area contributed by atoms with Crippen molar-refractivity contribution in [3.05, 3.63) is 70.1 Å². The van der Waals surface area contributed by atoms with E-state index in [4.69, 9.17) is 11.6 Å². The van der Waals surface area contributed by atoms with Gasteiger partial charge in [0.25, 0.3) is 11.8 Å². The molecule has 1 aromatic heterocycles. The SMILES string of the molecule is CN(C)c1cccc(C(=O)NNC(=O)/C=C/c2sc3ccccc3c2Cl)c1. The normalized spacial score (nSPS) is 10.9. The van der Waals surface area contributed by atoms with E-state index >= 15 is 0 Å². The molecule has 0 fully saturated rings. The molecule has 0 bridgehead atoms. The molecule has 0 spiro atoms. The van der Waals surface area contributed by atoms with Crippen molar-refractivity contribution in [2.75, 3.05) is 19.0 Å². The van der Waals surface area contributed by atoms with Crippen molar-refractivity contribution in [3.63, 3.8) is 0 Å². The predicted molar refractivity (Wildman–Crippen MR) is 112 cm³/mol. The maximum Gasteiger partial charge on any atom is 0.269 e. The average molecular weight is 400 g/mol. The molecule has 0 aliphatic rings. The molecule has 27 heavy (non-hydrogen) atoms. The Hall–Kier alpha value is -2.83. The van der Waals surface area contributed by atoms with Gasteiger partial charge in [-0.2, -0.15) is 0 Å². The first kappa shape index (κ1) is 18.9. The lowest BCUT2D eigenvalue weighted by Gasteiger charge is -2.13. The van der Waals surface area contributed by atoms with E-state index in [9.17, 15) is 9.59 Å². The van der Waals surface area contributed by atoms with Crippen LogP contribution in [-0.4, -0.2) is 25.9 Å². The molecule has 0 aliphatic heterocycles. The van der Waals surface area contributed by atoms with Crippen LogP contribution in [0.3, 0.4) is 0 Å². The van der Waals surface area contributed by atoms with Gasteiger partial charge in [0.15, 0.2) is 0 Å². The predicted octanol–water partition coefficient (Wildman–Crippen LogP) is 4.10. The fourth-order valence-corrected chi connectivity index (χ4v) is 3.85. The number of nitrogens with zero attached hydrogens (tertiary/aromatic N) is 1. The lowest BCUT2D eigenvalue weighted by Crippen LogP contribution is -2.40. The summed E-state index contributed by atoms with van der Waals surface area (Å²) in [6.45, 7) is 0. The summed E-state index contributed by atoms with van der Waals surface area (Å²) in [5.41, 5.74) is 6.13. The molecule has 0 saturated heterocycles. The van der Waals surface area contributed by atoms with Crippen LogP contribution in [0.5, 0.6) is 0 Å². The highest BCUT2D eigenvalue weighted by atomic mass is 35.5. The lowest BCUT2D eigenvalue weighted by molar-refractivity contribution is -0.117. The second kappa shape index (κ2) is 8.24. The van der Waals surface area contributed by atoms with E-state index in [1.807, 2.05) is 49.3 Å². The molecule has 1 heterocycles. The van der Waals surface area contributed by atoms with Crippen LogP contribution in [0.4, 0.5) is 5.69 Å². The summed E-state index contributed by atoms with van der Waals surface area (Å²) >= 11 is 7.84. The molecule has 5 nitrogen and oxygen atoms in total. The molecule has 3 aromatic rings. The number of halogens is 1. The second-order valence-electron chi connectivity index (χ2n) is 6.00. The number of anilines is 1. The maximum absolute atomic E-state index is 12.2. The third kappa shape index (κ3) is 4.48. The number of carbonyl (C=O) groups excluding carboxylic acids is 2. The molecule has 2 N–H and O–H groups in total. The first-order valence-corrected chi connectivity index (χ1v) is 9.38. The molecule has 0 unspecified atom stereocenters. The van der Waals surface area contributed by atoms with Crippen LogP contribution in [0.2, 0.25) is 5.02 Å². The van der Waals surface area contributed by atoms with E-state index in [1.165, 1.54) is 17.4 Å². The van der Waals surface area contributed by atoms with Crippen LogP contribution in [-0.2, 0) is 4.79 Å². The first-order chi connectivity index (χ1) is 13.0. The summed E-state index contributed by atoms with van der Waals surface area (Å²) in [7, 11) is 3.78. The largest absolute Gasteiger partial charge is 0.378 e. The Morgan fingerprint density at radius 3 is 2.59 bits per heavy atom. The van der Waals surface area contributed by atoms with Gasteiger partial charge in [0.05, 0.1) is 5.02 Å². The minimum Gasteiger partial charge on any atom is -0.378 e. The highest BCUT2D eigenvalue weighted by Crippen LogP contribution is 2.35. The van der Waals surface area contributed by atoms with Crippen LogP contribution in [0.25, 0.3) is 16.2 Å². The van der Waals surface area contributed by atoms with E-state index in [1.54, 1.807) is 24.3 Å². The van der Waals surface area contributed by atoms with Crippen molar-refractivity contribution < 1.29 is 9.59 Å². The number of amides is 2. The van der Waals surface area contributed by atoms with Gasteiger partial charge < -0.3 is 4.90 Å². The van der Waals surface area contributed by atoms with Gasteiger partial charge in [0, 0.05) is 46.4 Å². The van der Waals surface area contributed by atoms with E-state index in [2.05, 4.69) is 10.9 Å². The zero-order valence-electron chi connectivity index (χ0n) is 14.8. The molecule has 138 valence electrons. The van der Waals surface area contributed by atoms with E-state index < -0.39 is 5.91 Å². The lowest BCUT2D eigenvalue weighted by atomic mass is 10.2. The molecule has 0 saturated carbocycles.